The highest BCUT2D eigenvalue weighted by molar-refractivity contribution is 7.89. The van der Waals surface area contributed by atoms with Crippen LogP contribution >= 0.6 is 0 Å². The van der Waals surface area contributed by atoms with Gasteiger partial charge in [-0.15, -0.1) is 0 Å². The highest BCUT2D eigenvalue weighted by atomic mass is 32.2. The Balaban J connectivity index is 2.25. The number of pyridine rings is 1. The Labute approximate surface area is 99.5 Å². The summed E-state index contributed by atoms with van der Waals surface area (Å²) < 4.78 is 39.5. The van der Waals surface area contributed by atoms with E-state index in [1.807, 2.05) is 6.92 Å². The summed E-state index contributed by atoms with van der Waals surface area (Å²) in [5.41, 5.74) is -0.523. The van der Waals surface area contributed by atoms with E-state index in [1.54, 1.807) is 0 Å². The topological polar surface area (TPSA) is 71.1 Å². The van der Waals surface area contributed by atoms with Gasteiger partial charge in [-0.2, -0.15) is 0 Å². The first-order valence-electron chi connectivity index (χ1n) is 5.27. The minimum Gasteiger partial charge on any atom is -0.315 e. The second-order valence-electron chi connectivity index (χ2n) is 4.43. The van der Waals surface area contributed by atoms with Crippen LogP contribution in [0.25, 0.3) is 0 Å². The molecule has 1 unspecified atom stereocenters. The van der Waals surface area contributed by atoms with Gasteiger partial charge in [0.2, 0.25) is 10.0 Å². The first-order chi connectivity index (χ1) is 7.91. The Morgan fingerprint density at radius 2 is 2.29 bits per heavy atom. The summed E-state index contributed by atoms with van der Waals surface area (Å²) in [4.78, 5) is 3.39. The third-order valence-electron chi connectivity index (χ3n) is 2.74. The molecule has 1 aliphatic rings. The van der Waals surface area contributed by atoms with Crippen LogP contribution in [-0.4, -0.2) is 32.0 Å². The van der Waals surface area contributed by atoms with Crippen LogP contribution < -0.4 is 10.0 Å². The van der Waals surface area contributed by atoms with Gasteiger partial charge < -0.3 is 5.32 Å². The fourth-order valence-electron chi connectivity index (χ4n) is 1.83. The molecule has 0 radical (unpaired) electrons. The van der Waals surface area contributed by atoms with Gasteiger partial charge in [0.15, 0.2) is 0 Å². The third-order valence-corrected chi connectivity index (χ3v) is 4.34. The number of halogens is 1. The van der Waals surface area contributed by atoms with E-state index in [9.17, 15) is 12.8 Å². The molecular formula is C10H14FN3O2S. The summed E-state index contributed by atoms with van der Waals surface area (Å²) in [6.45, 7) is 3.15. The zero-order valence-corrected chi connectivity index (χ0v) is 10.2. The monoisotopic (exact) mass is 259 g/mol. The van der Waals surface area contributed by atoms with Crippen molar-refractivity contribution in [1.82, 2.24) is 15.0 Å². The van der Waals surface area contributed by atoms with Crippen molar-refractivity contribution in [2.75, 3.05) is 13.1 Å². The van der Waals surface area contributed by atoms with Gasteiger partial charge in [0.05, 0.1) is 6.20 Å². The molecule has 0 aromatic carbocycles. The van der Waals surface area contributed by atoms with E-state index < -0.39 is 21.4 Å². The van der Waals surface area contributed by atoms with Crippen molar-refractivity contribution >= 4 is 10.0 Å². The number of hydrogen-bond acceptors (Lipinski definition) is 4. The summed E-state index contributed by atoms with van der Waals surface area (Å²) >= 11 is 0. The van der Waals surface area contributed by atoms with Crippen molar-refractivity contribution in [3.63, 3.8) is 0 Å². The van der Waals surface area contributed by atoms with Gasteiger partial charge in [0.25, 0.3) is 0 Å². The first-order valence-corrected chi connectivity index (χ1v) is 6.75. The lowest BCUT2D eigenvalue weighted by atomic mass is 10.0. The zero-order chi connectivity index (χ0) is 12.5. The molecule has 1 atom stereocenters. The Kier molecular flexibility index (Phi) is 3.15. The van der Waals surface area contributed by atoms with Gasteiger partial charge in [-0.25, -0.2) is 17.5 Å². The number of sulfonamides is 1. The standard InChI is InChI=1S/C10H14FN3O2S/c1-10(2-3-12-7-10)14-17(15,16)9-4-8(11)5-13-6-9/h4-6,12,14H,2-3,7H2,1H3. The number of hydrogen-bond donors (Lipinski definition) is 2. The van der Waals surface area contributed by atoms with E-state index in [1.165, 1.54) is 0 Å². The normalized spacial score (nSPS) is 25.1. The summed E-state index contributed by atoms with van der Waals surface area (Å²) in [5.74, 6) is -0.664. The predicted molar refractivity (Wildman–Crippen MR) is 60.4 cm³/mol. The maximum atomic E-state index is 12.9. The van der Waals surface area contributed by atoms with E-state index >= 15 is 0 Å². The lowest BCUT2D eigenvalue weighted by Crippen LogP contribution is -2.47. The molecule has 94 valence electrons. The largest absolute Gasteiger partial charge is 0.315 e. The van der Waals surface area contributed by atoms with Crippen LogP contribution in [0.2, 0.25) is 0 Å². The zero-order valence-electron chi connectivity index (χ0n) is 9.40. The molecule has 0 amide bonds. The van der Waals surface area contributed by atoms with Crippen LogP contribution in [0.3, 0.4) is 0 Å². The van der Waals surface area contributed by atoms with E-state index in [2.05, 4.69) is 15.0 Å². The highest BCUT2D eigenvalue weighted by Crippen LogP contribution is 2.18. The van der Waals surface area contributed by atoms with Crippen LogP contribution in [-0.2, 0) is 10.0 Å². The summed E-state index contributed by atoms with van der Waals surface area (Å²) in [7, 11) is -3.72. The number of rotatable bonds is 3. The van der Waals surface area contributed by atoms with Gasteiger partial charge in [0.1, 0.15) is 10.7 Å². The van der Waals surface area contributed by atoms with Crippen LogP contribution in [0.4, 0.5) is 4.39 Å². The molecule has 1 fully saturated rings. The lowest BCUT2D eigenvalue weighted by Gasteiger charge is -2.23. The molecule has 5 nitrogen and oxygen atoms in total. The van der Waals surface area contributed by atoms with E-state index in [-0.39, 0.29) is 4.90 Å². The Bertz CT molecular complexity index is 512. The quantitative estimate of drug-likeness (QED) is 0.816. The van der Waals surface area contributed by atoms with Crippen molar-refractivity contribution in [2.24, 2.45) is 0 Å². The van der Waals surface area contributed by atoms with Gasteiger partial charge in [-0.05, 0) is 26.0 Å². The molecule has 0 aliphatic carbocycles. The minimum atomic E-state index is -3.72. The van der Waals surface area contributed by atoms with Crippen molar-refractivity contribution in [3.8, 4) is 0 Å². The van der Waals surface area contributed by atoms with Gasteiger partial charge in [0, 0.05) is 18.3 Å². The van der Waals surface area contributed by atoms with Gasteiger partial charge in [-0.3, -0.25) is 4.98 Å². The maximum Gasteiger partial charge on any atom is 0.242 e. The molecule has 1 aliphatic heterocycles. The molecule has 2 rings (SSSR count). The predicted octanol–water partition coefficient (Wildman–Crippen LogP) is 0.251. The second-order valence-corrected chi connectivity index (χ2v) is 6.11. The second kappa shape index (κ2) is 4.32. The molecule has 1 aromatic heterocycles. The van der Waals surface area contributed by atoms with Crippen molar-refractivity contribution < 1.29 is 12.8 Å². The fraction of sp³-hybridized carbons (Fsp3) is 0.500. The van der Waals surface area contributed by atoms with Crippen LogP contribution in [0, 0.1) is 5.82 Å². The molecule has 1 aromatic rings. The Morgan fingerprint density at radius 3 is 2.88 bits per heavy atom. The van der Waals surface area contributed by atoms with Crippen LogP contribution in [0.5, 0.6) is 0 Å². The van der Waals surface area contributed by atoms with E-state index in [4.69, 9.17) is 0 Å². The molecule has 0 saturated carbocycles. The smallest absolute Gasteiger partial charge is 0.242 e. The lowest BCUT2D eigenvalue weighted by molar-refractivity contribution is 0.451. The summed E-state index contributed by atoms with van der Waals surface area (Å²) in [6, 6.07) is 0.959. The molecule has 1 saturated heterocycles. The highest BCUT2D eigenvalue weighted by Gasteiger charge is 2.33. The number of nitrogens with zero attached hydrogens (tertiary/aromatic N) is 1. The van der Waals surface area contributed by atoms with Crippen LogP contribution in [0.15, 0.2) is 23.4 Å². The average Bonchev–Trinajstić information content (AvgIpc) is 2.64. The summed E-state index contributed by atoms with van der Waals surface area (Å²) in [6.07, 6.45) is 2.81. The minimum absolute atomic E-state index is 0.148. The van der Waals surface area contributed by atoms with Crippen LogP contribution in [0.1, 0.15) is 13.3 Å². The average molecular weight is 259 g/mol. The first kappa shape index (κ1) is 12.4. The maximum absolute atomic E-state index is 12.9. The van der Waals surface area contributed by atoms with Crippen molar-refractivity contribution in [3.05, 3.63) is 24.3 Å². The van der Waals surface area contributed by atoms with Crippen molar-refractivity contribution in [2.45, 2.75) is 23.8 Å². The van der Waals surface area contributed by atoms with Gasteiger partial charge >= 0.3 is 0 Å². The third kappa shape index (κ3) is 2.80. The van der Waals surface area contributed by atoms with E-state index in [0.717, 1.165) is 25.0 Å². The molecule has 17 heavy (non-hydrogen) atoms. The van der Waals surface area contributed by atoms with E-state index in [0.29, 0.717) is 13.0 Å². The number of aromatic nitrogens is 1. The molecule has 0 bridgehead atoms. The molecule has 2 N–H and O–H groups in total. The SMILES string of the molecule is CC1(NS(=O)(=O)c2cncc(F)c2)CCNC1. The Hall–Kier alpha value is -1.05. The number of nitrogens with one attached hydrogen (secondary N) is 2. The Morgan fingerprint density at radius 1 is 1.53 bits per heavy atom. The molecule has 2 heterocycles. The summed E-state index contributed by atoms with van der Waals surface area (Å²) in [5, 5.41) is 3.08. The van der Waals surface area contributed by atoms with Crippen molar-refractivity contribution in [1.29, 1.82) is 0 Å². The molecular weight excluding hydrogens is 245 g/mol. The fourth-order valence-corrected chi connectivity index (χ4v) is 3.23. The molecule has 7 heteroatoms. The molecule has 0 spiro atoms. The van der Waals surface area contributed by atoms with Gasteiger partial charge in [-0.1, -0.05) is 0 Å².